The van der Waals surface area contributed by atoms with Crippen molar-refractivity contribution >= 4 is 23.6 Å². The highest BCUT2D eigenvalue weighted by Gasteiger charge is 2.11. The molecular weight excluding hydrogens is 336 g/mol. The highest BCUT2D eigenvalue weighted by molar-refractivity contribution is 6.00. The first-order chi connectivity index (χ1) is 12.3. The monoisotopic (exact) mass is 352 g/mol. The molecule has 132 valence electrons. The molecule has 26 heavy (non-hydrogen) atoms. The zero-order valence-electron chi connectivity index (χ0n) is 13.6. The first kappa shape index (κ1) is 18.4. The van der Waals surface area contributed by atoms with Crippen molar-refractivity contribution in [2.45, 2.75) is 0 Å². The van der Waals surface area contributed by atoms with Crippen LogP contribution in [-0.2, 0) is 0 Å². The predicted molar refractivity (Wildman–Crippen MR) is 94.0 cm³/mol. The molecule has 0 atom stereocenters. The summed E-state index contributed by atoms with van der Waals surface area (Å²) in [7, 11) is 0. The summed E-state index contributed by atoms with van der Waals surface area (Å²) in [6.07, 6.45) is 0. The van der Waals surface area contributed by atoms with E-state index in [4.69, 9.17) is 11.5 Å². The maximum atomic E-state index is 12.1. The molecule has 8 heteroatoms. The zero-order chi connectivity index (χ0) is 19.3. The van der Waals surface area contributed by atoms with E-state index in [0.717, 1.165) is 0 Å². The average Bonchev–Trinajstić information content (AvgIpc) is 2.61. The standard InChI is InChI=1S/C18H16N4O4/c1-10(21-17(25)13-6-2-11(3-7-13)15(19)23)22-18(26)14-8-4-12(5-9-14)16(20)24/h2-9H,1H2,(H2,19,23)(H2,20,24)(H,21,25)(H,22,26). The number of carbonyl (C=O) groups is 4. The van der Waals surface area contributed by atoms with E-state index in [1.807, 2.05) is 0 Å². The third-order valence-corrected chi connectivity index (χ3v) is 3.39. The Balaban J connectivity index is 1.96. The van der Waals surface area contributed by atoms with Gasteiger partial charge in [-0.05, 0) is 48.5 Å². The van der Waals surface area contributed by atoms with Gasteiger partial charge in [-0.3, -0.25) is 19.2 Å². The lowest BCUT2D eigenvalue weighted by Crippen LogP contribution is -2.34. The van der Waals surface area contributed by atoms with E-state index in [1.165, 1.54) is 48.5 Å². The van der Waals surface area contributed by atoms with Crippen LogP contribution in [0.25, 0.3) is 0 Å². The van der Waals surface area contributed by atoms with Crippen LogP contribution in [0.5, 0.6) is 0 Å². The largest absolute Gasteiger partial charge is 0.366 e. The molecule has 2 aromatic rings. The van der Waals surface area contributed by atoms with Gasteiger partial charge in [0, 0.05) is 22.3 Å². The number of nitrogens with two attached hydrogens (primary N) is 2. The van der Waals surface area contributed by atoms with Crippen molar-refractivity contribution in [1.29, 1.82) is 0 Å². The molecule has 0 fully saturated rings. The lowest BCUT2D eigenvalue weighted by molar-refractivity contribution is 0.0937. The Morgan fingerprint density at radius 3 is 1.15 bits per heavy atom. The average molecular weight is 352 g/mol. The van der Waals surface area contributed by atoms with E-state index >= 15 is 0 Å². The van der Waals surface area contributed by atoms with Gasteiger partial charge in [0.1, 0.15) is 5.82 Å². The molecule has 0 aliphatic heterocycles. The van der Waals surface area contributed by atoms with E-state index in [0.29, 0.717) is 0 Å². The molecule has 0 aliphatic rings. The van der Waals surface area contributed by atoms with Crippen molar-refractivity contribution < 1.29 is 19.2 Å². The Morgan fingerprint density at radius 1 is 0.615 bits per heavy atom. The number of carbonyl (C=O) groups excluding carboxylic acids is 4. The molecule has 0 saturated heterocycles. The molecule has 0 unspecified atom stereocenters. The Kier molecular flexibility index (Phi) is 5.49. The van der Waals surface area contributed by atoms with Crippen molar-refractivity contribution in [3.8, 4) is 0 Å². The molecule has 0 bridgehead atoms. The summed E-state index contributed by atoms with van der Waals surface area (Å²) < 4.78 is 0. The molecule has 4 amide bonds. The molecule has 0 aromatic heterocycles. The second-order valence-corrected chi connectivity index (χ2v) is 5.27. The summed E-state index contributed by atoms with van der Waals surface area (Å²) in [6.45, 7) is 3.57. The molecular formula is C18H16N4O4. The van der Waals surface area contributed by atoms with Crippen molar-refractivity contribution in [1.82, 2.24) is 10.6 Å². The Bertz CT molecular complexity index is 813. The van der Waals surface area contributed by atoms with Crippen LogP contribution in [0.4, 0.5) is 0 Å². The maximum Gasteiger partial charge on any atom is 0.256 e. The molecule has 0 radical (unpaired) electrons. The minimum atomic E-state index is -0.601. The number of hydrogen-bond acceptors (Lipinski definition) is 4. The second-order valence-electron chi connectivity index (χ2n) is 5.27. The fourth-order valence-corrected chi connectivity index (χ4v) is 2.02. The molecule has 2 aromatic carbocycles. The van der Waals surface area contributed by atoms with E-state index in [9.17, 15) is 19.2 Å². The first-order valence-electron chi connectivity index (χ1n) is 7.39. The van der Waals surface area contributed by atoms with Crippen LogP contribution >= 0.6 is 0 Å². The number of nitrogens with one attached hydrogen (secondary N) is 2. The Hall–Kier alpha value is -3.94. The highest BCUT2D eigenvalue weighted by Crippen LogP contribution is 2.06. The lowest BCUT2D eigenvalue weighted by Gasteiger charge is -2.10. The van der Waals surface area contributed by atoms with Crippen LogP contribution in [0.3, 0.4) is 0 Å². The van der Waals surface area contributed by atoms with E-state index in [1.54, 1.807) is 0 Å². The SMILES string of the molecule is C=C(NC(=O)c1ccc(C(N)=O)cc1)NC(=O)c1ccc(C(N)=O)cc1. The smallest absolute Gasteiger partial charge is 0.256 e. The number of hydrogen-bond donors (Lipinski definition) is 4. The quantitative estimate of drug-likeness (QED) is 0.600. The minimum absolute atomic E-state index is 0.0297. The van der Waals surface area contributed by atoms with Gasteiger partial charge in [0.15, 0.2) is 0 Å². The zero-order valence-corrected chi connectivity index (χ0v) is 13.6. The summed E-state index contributed by atoms with van der Waals surface area (Å²) in [5, 5.41) is 4.84. The van der Waals surface area contributed by atoms with Crippen LogP contribution in [0.1, 0.15) is 41.4 Å². The number of rotatable bonds is 6. The molecule has 0 saturated carbocycles. The van der Waals surface area contributed by atoms with Gasteiger partial charge in [0.25, 0.3) is 11.8 Å². The summed E-state index contributed by atoms with van der Waals surface area (Å²) in [5.74, 6) is -2.27. The van der Waals surface area contributed by atoms with Crippen molar-refractivity contribution in [2.24, 2.45) is 11.5 Å². The summed E-state index contributed by atoms with van der Waals surface area (Å²) >= 11 is 0. The summed E-state index contributed by atoms with van der Waals surface area (Å²) in [5.41, 5.74) is 11.3. The van der Waals surface area contributed by atoms with Gasteiger partial charge in [0.2, 0.25) is 11.8 Å². The van der Waals surface area contributed by atoms with Gasteiger partial charge in [-0.1, -0.05) is 6.58 Å². The van der Waals surface area contributed by atoms with Gasteiger partial charge in [-0.25, -0.2) is 0 Å². The normalized spacial score (nSPS) is 9.85. The summed E-state index contributed by atoms with van der Waals surface area (Å²) in [4.78, 5) is 46.2. The topological polar surface area (TPSA) is 144 Å². The maximum absolute atomic E-state index is 12.1. The third kappa shape index (κ3) is 4.54. The van der Waals surface area contributed by atoms with E-state index < -0.39 is 23.6 Å². The highest BCUT2D eigenvalue weighted by atomic mass is 16.2. The van der Waals surface area contributed by atoms with Gasteiger partial charge in [-0.15, -0.1) is 0 Å². The van der Waals surface area contributed by atoms with Crippen LogP contribution in [0, 0.1) is 0 Å². The summed E-state index contributed by atoms with van der Waals surface area (Å²) in [6, 6.07) is 11.4. The first-order valence-corrected chi connectivity index (χ1v) is 7.39. The van der Waals surface area contributed by atoms with E-state index in [2.05, 4.69) is 17.2 Å². The lowest BCUT2D eigenvalue weighted by atomic mass is 10.1. The van der Waals surface area contributed by atoms with Crippen LogP contribution < -0.4 is 22.1 Å². The molecule has 8 nitrogen and oxygen atoms in total. The van der Waals surface area contributed by atoms with Crippen LogP contribution in [-0.4, -0.2) is 23.6 Å². The minimum Gasteiger partial charge on any atom is -0.366 e. The van der Waals surface area contributed by atoms with Crippen molar-refractivity contribution in [3.63, 3.8) is 0 Å². The number of benzene rings is 2. The third-order valence-electron chi connectivity index (χ3n) is 3.39. The van der Waals surface area contributed by atoms with Gasteiger partial charge in [-0.2, -0.15) is 0 Å². The Labute approximate surface area is 148 Å². The fraction of sp³-hybridized carbons (Fsp3) is 0. The van der Waals surface area contributed by atoms with Crippen molar-refractivity contribution in [3.05, 3.63) is 83.2 Å². The van der Waals surface area contributed by atoms with E-state index in [-0.39, 0.29) is 28.1 Å². The van der Waals surface area contributed by atoms with Gasteiger partial charge in [0.05, 0.1) is 0 Å². The van der Waals surface area contributed by atoms with Crippen LogP contribution in [0.15, 0.2) is 60.9 Å². The van der Waals surface area contributed by atoms with Crippen molar-refractivity contribution in [2.75, 3.05) is 0 Å². The number of amides is 4. The van der Waals surface area contributed by atoms with Gasteiger partial charge < -0.3 is 22.1 Å². The fourth-order valence-electron chi connectivity index (χ4n) is 2.02. The second kappa shape index (κ2) is 7.75. The molecule has 0 heterocycles. The number of primary amides is 2. The molecule has 2 rings (SSSR count). The molecule has 0 aliphatic carbocycles. The predicted octanol–water partition coefficient (Wildman–Crippen LogP) is 0.515. The Morgan fingerprint density at radius 2 is 0.885 bits per heavy atom. The molecule has 6 N–H and O–H groups in total. The van der Waals surface area contributed by atoms with Crippen LogP contribution in [0.2, 0.25) is 0 Å². The molecule has 0 spiro atoms. The van der Waals surface area contributed by atoms with Gasteiger partial charge >= 0.3 is 0 Å².